The molecule has 10 nitrogen and oxygen atoms in total. The van der Waals surface area contributed by atoms with E-state index in [0.29, 0.717) is 18.8 Å². The molecular formula is C24H24F3N7O3. The van der Waals surface area contributed by atoms with Crippen LogP contribution in [0.4, 0.5) is 13.2 Å². The molecule has 194 valence electrons. The van der Waals surface area contributed by atoms with E-state index in [1.54, 1.807) is 16.9 Å². The molecule has 1 unspecified atom stereocenters. The summed E-state index contributed by atoms with van der Waals surface area (Å²) in [5.41, 5.74) is 4.54. The number of rotatable bonds is 3. The van der Waals surface area contributed by atoms with Crippen molar-refractivity contribution >= 4 is 17.4 Å². The lowest BCUT2D eigenvalue weighted by molar-refractivity contribution is -0.192. The standard InChI is InChI=1S/C22H23N7O.C2HF3O2/c1-26-12-13-28(22(30)18-10-11-27(2)24-18)15-20(26)21-19-9-8-17(14-29(19)25-23-21)16-6-4-3-5-7-16;3-2(4,5)1(6)7/h3-11,14,20H,12-13,15H2,1-2H3;(H,6,7). The summed E-state index contributed by atoms with van der Waals surface area (Å²) < 4.78 is 35.2. The number of piperazine rings is 1. The number of likely N-dealkylation sites (N-methyl/N-ethyl adjacent to an activating group) is 1. The van der Waals surface area contributed by atoms with Gasteiger partial charge in [0, 0.05) is 44.6 Å². The van der Waals surface area contributed by atoms with Crippen LogP contribution >= 0.6 is 0 Å². The van der Waals surface area contributed by atoms with Crippen molar-refractivity contribution in [1.29, 1.82) is 0 Å². The molecular weight excluding hydrogens is 491 g/mol. The van der Waals surface area contributed by atoms with Crippen LogP contribution in [0.25, 0.3) is 16.6 Å². The molecule has 0 spiro atoms. The number of benzene rings is 1. The van der Waals surface area contributed by atoms with Crippen molar-refractivity contribution in [3.63, 3.8) is 0 Å². The zero-order valence-electron chi connectivity index (χ0n) is 20.0. The van der Waals surface area contributed by atoms with Gasteiger partial charge in [-0.15, -0.1) is 5.10 Å². The molecule has 1 atom stereocenters. The number of aliphatic carboxylic acids is 1. The first kappa shape index (κ1) is 25.8. The lowest BCUT2D eigenvalue weighted by Crippen LogP contribution is -2.49. The van der Waals surface area contributed by atoms with Crippen LogP contribution in [0, 0.1) is 0 Å². The molecule has 3 aromatic heterocycles. The van der Waals surface area contributed by atoms with Crippen molar-refractivity contribution in [2.24, 2.45) is 7.05 Å². The molecule has 1 fully saturated rings. The Kier molecular flexibility index (Phi) is 7.25. The first-order chi connectivity index (χ1) is 17.5. The number of carboxylic acid groups (broad SMARTS) is 1. The van der Waals surface area contributed by atoms with Crippen LogP contribution in [0.1, 0.15) is 22.2 Å². The minimum absolute atomic E-state index is 0.0218. The Morgan fingerprint density at radius 2 is 1.70 bits per heavy atom. The molecule has 1 N–H and O–H groups in total. The summed E-state index contributed by atoms with van der Waals surface area (Å²) in [6.07, 6.45) is -1.29. The van der Waals surface area contributed by atoms with E-state index in [0.717, 1.165) is 28.9 Å². The van der Waals surface area contributed by atoms with Crippen molar-refractivity contribution in [2.75, 3.05) is 26.7 Å². The number of halogens is 3. The van der Waals surface area contributed by atoms with Gasteiger partial charge in [0.25, 0.3) is 5.91 Å². The second-order valence-corrected chi connectivity index (χ2v) is 8.51. The van der Waals surface area contributed by atoms with Gasteiger partial charge in [0.15, 0.2) is 0 Å². The molecule has 1 aliphatic rings. The Morgan fingerprint density at radius 3 is 2.32 bits per heavy atom. The van der Waals surface area contributed by atoms with Gasteiger partial charge in [-0.3, -0.25) is 14.4 Å². The van der Waals surface area contributed by atoms with E-state index < -0.39 is 12.1 Å². The fourth-order valence-corrected chi connectivity index (χ4v) is 4.00. The summed E-state index contributed by atoms with van der Waals surface area (Å²) in [6.45, 7) is 1.99. The Bertz CT molecular complexity index is 1400. The number of amides is 1. The summed E-state index contributed by atoms with van der Waals surface area (Å²) in [7, 11) is 3.88. The van der Waals surface area contributed by atoms with Crippen LogP contribution in [-0.4, -0.2) is 84.2 Å². The number of carbonyl (C=O) groups excluding carboxylic acids is 1. The smallest absolute Gasteiger partial charge is 0.475 e. The van der Waals surface area contributed by atoms with Gasteiger partial charge in [0.2, 0.25) is 0 Å². The second kappa shape index (κ2) is 10.4. The van der Waals surface area contributed by atoms with E-state index in [9.17, 15) is 18.0 Å². The Labute approximate surface area is 209 Å². The fraction of sp³-hybridized carbons (Fsp3) is 0.292. The molecule has 0 bridgehead atoms. The third-order valence-electron chi connectivity index (χ3n) is 5.97. The number of fused-ring (bicyclic) bond motifs is 1. The topological polar surface area (TPSA) is 109 Å². The highest BCUT2D eigenvalue weighted by atomic mass is 19.4. The minimum Gasteiger partial charge on any atom is -0.475 e. The minimum atomic E-state index is -5.08. The van der Waals surface area contributed by atoms with Gasteiger partial charge in [-0.1, -0.05) is 41.6 Å². The van der Waals surface area contributed by atoms with Crippen LogP contribution in [0.5, 0.6) is 0 Å². The molecule has 0 aliphatic carbocycles. The van der Waals surface area contributed by atoms with E-state index in [-0.39, 0.29) is 11.9 Å². The number of pyridine rings is 1. The highest BCUT2D eigenvalue weighted by Gasteiger charge is 2.38. The van der Waals surface area contributed by atoms with Crippen molar-refractivity contribution in [3.05, 3.63) is 72.3 Å². The predicted octanol–water partition coefficient (Wildman–Crippen LogP) is 2.89. The van der Waals surface area contributed by atoms with E-state index in [4.69, 9.17) is 9.90 Å². The molecule has 1 amide bonds. The van der Waals surface area contributed by atoms with Crippen LogP contribution in [-0.2, 0) is 11.8 Å². The lowest BCUT2D eigenvalue weighted by Gasteiger charge is -2.38. The highest BCUT2D eigenvalue weighted by molar-refractivity contribution is 5.92. The van der Waals surface area contributed by atoms with Gasteiger partial charge < -0.3 is 10.0 Å². The molecule has 4 aromatic rings. The van der Waals surface area contributed by atoms with Crippen molar-refractivity contribution in [3.8, 4) is 11.1 Å². The summed E-state index contributed by atoms with van der Waals surface area (Å²) in [5.74, 6) is -2.80. The number of aryl methyl sites for hydroxylation is 1. The molecule has 4 heterocycles. The van der Waals surface area contributed by atoms with Gasteiger partial charge >= 0.3 is 12.1 Å². The van der Waals surface area contributed by atoms with Crippen LogP contribution in [0.2, 0.25) is 0 Å². The molecule has 1 saturated heterocycles. The zero-order valence-corrected chi connectivity index (χ0v) is 20.0. The van der Waals surface area contributed by atoms with Crippen molar-refractivity contribution < 1.29 is 27.9 Å². The number of carboxylic acids is 1. The fourth-order valence-electron chi connectivity index (χ4n) is 4.00. The normalized spacial score (nSPS) is 16.4. The maximum Gasteiger partial charge on any atom is 0.490 e. The van der Waals surface area contributed by atoms with Gasteiger partial charge in [0.05, 0.1) is 11.6 Å². The molecule has 37 heavy (non-hydrogen) atoms. The van der Waals surface area contributed by atoms with E-state index in [2.05, 4.69) is 51.6 Å². The summed E-state index contributed by atoms with van der Waals surface area (Å²) >= 11 is 0. The van der Waals surface area contributed by atoms with E-state index >= 15 is 0 Å². The molecule has 5 rings (SSSR count). The largest absolute Gasteiger partial charge is 0.490 e. The number of hydrogen-bond acceptors (Lipinski definition) is 6. The average molecular weight is 515 g/mol. The van der Waals surface area contributed by atoms with Gasteiger partial charge in [-0.05, 0) is 24.7 Å². The molecule has 1 aromatic carbocycles. The Morgan fingerprint density at radius 1 is 1.00 bits per heavy atom. The lowest BCUT2D eigenvalue weighted by atomic mass is 10.1. The Hall–Kier alpha value is -4.26. The summed E-state index contributed by atoms with van der Waals surface area (Å²) in [6, 6.07) is 16.1. The van der Waals surface area contributed by atoms with Gasteiger partial charge in [0.1, 0.15) is 11.4 Å². The van der Waals surface area contributed by atoms with Gasteiger partial charge in [-0.2, -0.15) is 18.3 Å². The SMILES string of the molecule is CN1CCN(C(=O)c2ccn(C)n2)CC1c1nnn2cc(-c3ccccc3)ccc12.O=C(O)C(F)(F)F. The molecule has 0 saturated carbocycles. The third kappa shape index (κ3) is 5.77. The average Bonchev–Trinajstić information content (AvgIpc) is 3.50. The molecule has 1 aliphatic heterocycles. The van der Waals surface area contributed by atoms with E-state index in [1.165, 1.54) is 0 Å². The van der Waals surface area contributed by atoms with E-state index in [1.807, 2.05) is 40.9 Å². The molecule has 13 heteroatoms. The monoisotopic (exact) mass is 515 g/mol. The first-order valence-corrected chi connectivity index (χ1v) is 11.2. The first-order valence-electron chi connectivity index (χ1n) is 11.2. The second-order valence-electron chi connectivity index (χ2n) is 8.51. The van der Waals surface area contributed by atoms with Gasteiger partial charge in [-0.25, -0.2) is 9.31 Å². The summed E-state index contributed by atoms with van der Waals surface area (Å²) in [5, 5.41) is 20.2. The predicted molar refractivity (Wildman–Crippen MR) is 127 cm³/mol. The zero-order chi connectivity index (χ0) is 26.7. The number of alkyl halides is 3. The van der Waals surface area contributed by atoms with Crippen LogP contribution < -0.4 is 0 Å². The van der Waals surface area contributed by atoms with Crippen LogP contribution in [0.3, 0.4) is 0 Å². The van der Waals surface area contributed by atoms with Crippen molar-refractivity contribution in [2.45, 2.75) is 12.2 Å². The summed E-state index contributed by atoms with van der Waals surface area (Å²) in [4.78, 5) is 25.9. The number of nitrogens with zero attached hydrogens (tertiary/aromatic N) is 7. The van der Waals surface area contributed by atoms with Crippen LogP contribution in [0.15, 0.2) is 60.9 Å². The maximum absolute atomic E-state index is 12.9. The Balaban J connectivity index is 0.000000405. The third-order valence-corrected chi connectivity index (χ3v) is 5.97. The number of carbonyl (C=O) groups is 2. The highest BCUT2D eigenvalue weighted by Crippen LogP contribution is 2.28. The maximum atomic E-state index is 12.9. The quantitative estimate of drug-likeness (QED) is 0.447. The number of hydrogen-bond donors (Lipinski definition) is 1. The molecule has 0 radical (unpaired) electrons. The van der Waals surface area contributed by atoms with Crippen molar-refractivity contribution in [1.82, 2.24) is 34.4 Å². The number of aromatic nitrogens is 5.